The van der Waals surface area contributed by atoms with Crippen molar-refractivity contribution >= 4 is 10.3 Å². The summed E-state index contributed by atoms with van der Waals surface area (Å²) in [6.45, 7) is 6.31. The van der Waals surface area contributed by atoms with Gasteiger partial charge in [0, 0.05) is 4.75 Å². The zero-order chi connectivity index (χ0) is 20.5. The van der Waals surface area contributed by atoms with E-state index in [0.717, 1.165) is 44.2 Å². The number of aliphatic hydroxyl groups is 1. The Kier molecular flexibility index (Phi) is 6.97. The second kappa shape index (κ2) is 8.34. The van der Waals surface area contributed by atoms with Gasteiger partial charge in [-0.15, -0.1) is 10.3 Å². The molecule has 0 aromatic heterocycles. The quantitative estimate of drug-likeness (QED) is 0.596. The van der Waals surface area contributed by atoms with E-state index in [1.54, 1.807) is 0 Å². The fourth-order valence-corrected chi connectivity index (χ4v) is 4.06. The van der Waals surface area contributed by atoms with Crippen molar-refractivity contribution in [3.63, 3.8) is 0 Å². The van der Waals surface area contributed by atoms with E-state index in [2.05, 4.69) is 20.8 Å². The van der Waals surface area contributed by atoms with Gasteiger partial charge in [-0.05, 0) is 54.5 Å². The third-order valence-corrected chi connectivity index (χ3v) is 9.53. The number of hydrogen-bond donors (Lipinski definition) is 1. The standard InChI is InChI=1S/C21H33F3O2S/c1-20(2,3)27(4,5)26-14-16-13-17(21(22,23)24)11-12-18(16)19(25)15-9-7-6-8-10-15/h11-13,15,19,25H,6-10,14H2,1-5H3. The van der Waals surface area contributed by atoms with Gasteiger partial charge >= 0.3 is 6.18 Å². The Morgan fingerprint density at radius 3 is 2.22 bits per heavy atom. The molecule has 1 N–H and O–H groups in total. The highest BCUT2D eigenvalue weighted by Crippen LogP contribution is 2.54. The molecule has 0 bridgehead atoms. The zero-order valence-electron chi connectivity index (χ0n) is 17.0. The average molecular weight is 407 g/mol. The van der Waals surface area contributed by atoms with Crippen molar-refractivity contribution in [2.75, 3.05) is 12.5 Å². The summed E-state index contributed by atoms with van der Waals surface area (Å²) in [5, 5.41) is 10.9. The predicted octanol–water partition coefficient (Wildman–Crippen LogP) is 6.61. The van der Waals surface area contributed by atoms with E-state index in [4.69, 9.17) is 4.18 Å². The van der Waals surface area contributed by atoms with E-state index in [1.807, 2.05) is 12.5 Å². The molecule has 0 radical (unpaired) electrons. The molecule has 6 heteroatoms. The van der Waals surface area contributed by atoms with E-state index < -0.39 is 28.2 Å². The first-order chi connectivity index (χ1) is 12.3. The summed E-state index contributed by atoms with van der Waals surface area (Å²) < 4.78 is 45.7. The Morgan fingerprint density at radius 1 is 1.11 bits per heavy atom. The van der Waals surface area contributed by atoms with Crippen molar-refractivity contribution in [1.82, 2.24) is 0 Å². The minimum absolute atomic E-state index is 0.0859. The van der Waals surface area contributed by atoms with Gasteiger partial charge in [-0.2, -0.15) is 13.2 Å². The molecule has 27 heavy (non-hydrogen) atoms. The molecule has 1 saturated carbocycles. The van der Waals surface area contributed by atoms with Gasteiger partial charge in [-0.1, -0.05) is 46.1 Å². The van der Waals surface area contributed by atoms with Crippen LogP contribution in [-0.2, 0) is 17.0 Å². The summed E-state index contributed by atoms with van der Waals surface area (Å²) in [4.78, 5) is 0. The van der Waals surface area contributed by atoms with Gasteiger partial charge < -0.3 is 9.29 Å². The van der Waals surface area contributed by atoms with Crippen molar-refractivity contribution in [3.8, 4) is 0 Å². The number of benzene rings is 1. The van der Waals surface area contributed by atoms with Gasteiger partial charge in [0.1, 0.15) is 0 Å². The molecule has 1 aromatic rings. The molecule has 1 aromatic carbocycles. The number of hydrogen-bond acceptors (Lipinski definition) is 2. The lowest BCUT2D eigenvalue weighted by Crippen LogP contribution is -2.25. The van der Waals surface area contributed by atoms with Gasteiger partial charge in [0.25, 0.3) is 0 Å². The molecule has 0 heterocycles. The molecular weight excluding hydrogens is 373 g/mol. The molecule has 2 rings (SSSR count). The van der Waals surface area contributed by atoms with E-state index in [-0.39, 0.29) is 17.3 Å². The molecule has 1 unspecified atom stereocenters. The number of halogens is 3. The fraction of sp³-hybridized carbons (Fsp3) is 0.714. The van der Waals surface area contributed by atoms with Crippen LogP contribution in [0, 0.1) is 5.92 Å². The maximum absolute atomic E-state index is 13.2. The van der Waals surface area contributed by atoms with Crippen LogP contribution < -0.4 is 0 Å². The SMILES string of the molecule is CC(C)(C)S(C)(C)OCc1cc(C(F)(F)F)ccc1C(O)C1CCCCC1. The molecule has 1 aliphatic rings. The first-order valence-electron chi connectivity index (χ1n) is 9.58. The fourth-order valence-electron chi connectivity index (χ4n) is 3.29. The van der Waals surface area contributed by atoms with Crippen LogP contribution in [0.25, 0.3) is 0 Å². The summed E-state index contributed by atoms with van der Waals surface area (Å²) in [6, 6.07) is 3.67. The van der Waals surface area contributed by atoms with Crippen molar-refractivity contribution < 1.29 is 22.5 Å². The third kappa shape index (κ3) is 5.64. The Hall–Kier alpha value is -0.720. The van der Waals surface area contributed by atoms with Gasteiger partial charge in [-0.25, -0.2) is 0 Å². The minimum atomic E-state index is -4.41. The van der Waals surface area contributed by atoms with E-state index in [0.29, 0.717) is 11.1 Å². The summed E-state index contributed by atoms with van der Waals surface area (Å²) in [5.74, 6) is 0.109. The molecule has 0 spiro atoms. The van der Waals surface area contributed by atoms with Gasteiger partial charge in [0.2, 0.25) is 0 Å². The van der Waals surface area contributed by atoms with Crippen LogP contribution in [0.2, 0.25) is 0 Å². The highest BCUT2D eigenvalue weighted by Gasteiger charge is 2.34. The Bertz CT molecular complexity index is 629. The third-order valence-electron chi connectivity index (χ3n) is 5.87. The van der Waals surface area contributed by atoms with E-state index in [1.165, 1.54) is 6.07 Å². The number of rotatable bonds is 5. The summed E-state index contributed by atoms with van der Waals surface area (Å²) in [7, 11) is -1.47. The second-order valence-electron chi connectivity index (χ2n) is 8.86. The van der Waals surface area contributed by atoms with Crippen LogP contribution in [-0.4, -0.2) is 22.4 Å². The summed E-state index contributed by atoms with van der Waals surface area (Å²) in [6.07, 6.45) is 4.03. The van der Waals surface area contributed by atoms with Crippen LogP contribution in [0.4, 0.5) is 13.2 Å². The van der Waals surface area contributed by atoms with Crippen LogP contribution in [0.5, 0.6) is 0 Å². The van der Waals surface area contributed by atoms with Crippen LogP contribution in [0.1, 0.15) is 75.7 Å². The maximum atomic E-state index is 13.2. The van der Waals surface area contributed by atoms with Crippen LogP contribution in [0.3, 0.4) is 0 Å². The molecule has 1 aliphatic carbocycles. The smallest absolute Gasteiger partial charge is 0.388 e. The molecule has 0 saturated heterocycles. The van der Waals surface area contributed by atoms with Crippen LogP contribution >= 0.6 is 10.3 Å². The van der Waals surface area contributed by atoms with Crippen LogP contribution in [0.15, 0.2) is 18.2 Å². The molecule has 2 nitrogen and oxygen atoms in total. The van der Waals surface area contributed by atoms with E-state index in [9.17, 15) is 18.3 Å². The molecule has 1 atom stereocenters. The molecule has 156 valence electrons. The van der Waals surface area contributed by atoms with Gasteiger partial charge in [0.15, 0.2) is 0 Å². The lowest BCUT2D eigenvalue weighted by atomic mass is 9.81. The molecule has 0 aliphatic heterocycles. The Balaban J connectivity index is 2.32. The largest absolute Gasteiger partial charge is 0.416 e. The minimum Gasteiger partial charge on any atom is -0.388 e. The number of alkyl halides is 3. The average Bonchev–Trinajstić information content (AvgIpc) is 2.58. The van der Waals surface area contributed by atoms with Gasteiger partial charge in [0.05, 0.1) is 18.3 Å². The molecule has 1 fully saturated rings. The molecule has 0 amide bonds. The lowest BCUT2D eigenvalue weighted by Gasteiger charge is -2.44. The highest BCUT2D eigenvalue weighted by atomic mass is 32.3. The first kappa shape index (κ1) is 22.6. The monoisotopic (exact) mass is 406 g/mol. The normalized spacial score (nSPS) is 19.1. The first-order valence-corrected chi connectivity index (χ1v) is 12.0. The highest BCUT2D eigenvalue weighted by molar-refractivity contribution is 8.29. The van der Waals surface area contributed by atoms with Gasteiger partial charge in [-0.3, -0.25) is 0 Å². The maximum Gasteiger partial charge on any atom is 0.416 e. The zero-order valence-corrected chi connectivity index (χ0v) is 17.8. The van der Waals surface area contributed by atoms with Crippen molar-refractivity contribution in [3.05, 3.63) is 34.9 Å². The Labute approximate surface area is 163 Å². The summed E-state index contributed by atoms with van der Waals surface area (Å²) in [5.41, 5.74) is 0.344. The van der Waals surface area contributed by atoms with E-state index >= 15 is 0 Å². The topological polar surface area (TPSA) is 29.5 Å². The second-order valence-corrected chi connectivity index (χ2v) is 12.8. The predicted molar refractivity (Wildman–Crippen MR) is 107 cm³/mol. The molecular formula is C21H33F3O2S. The van der Waals surface area contributed by atoms with Crippen molar-refractivity contribution in [2.24, 2.45) is 5.92 Å². The lowest BCUT2D eigenvalue weighted by molar-refractivity contribution is -0.137. The Morgan fingerprint density at radius 2 is 1.70 bits per heavy atom. The van der Waals surface area contributed by atoms with Crippen molar-refractivity contribution in [1.29, 1.82) is 0 Å². The summed E-state index contributed by atoms with van der Waals surface area (Å²) >= 11 is 0. The van der Waals surface area contributed by atoms with Crippen molar-refractivity contribution in [2.45, 2.75) is 76.5 Å². The number of aliphatic hydroxyl groups excluding tert-OH is 1.